The maximum atomic E-state index is 12.2. The SMILES string of the molecule is CCC(CC)(CBr)CNC(=O)C1(C)CCCS1. The minimum atomic E-state index is -0.181. The van der Waals surface area contributed by atoms with Gasteiger partial charge in [0.25, 0.3) is 0 Å². The Kier molecular flexibility index (Phi) is 5.84. The number of thioether (sulfide) groups is 1. The normalized spacial score (nSPS) is 24.9. The zero-order valence-electron chi connectivity index (χ0n) is 11.1. The highest BCUT2D eigenvalue weighted by Gasteiger charge is 2.38. The van der Waals surface area contributed by atoms with Gasteiger partial charge in [0.2, 0.25) is 5.91 Å². The van der Waals surface area contributed by atoms with Crippen molar-refractivity contribution in [2.45, 2.75) is 51.2 Å². The first-order valence-electron chi connectivity index (χ1n) is 6.50. The Bertz CT molecular complexity index is 252. The van der Waals surface area contributed by atoms with E-state index in [1.807, 2.05) is 0 Å². The summed E-state index contributed by atoms with van der Waals surface area (Å²) in [5.41, 5.74) is 0.218. The van der Waals surface area contributed by atoms with Crippen LogP contribution in [0.2, 0.25) is 0 Å². The van der Waals surface area contributed by atoms with E-state index in [0.29, 0.717) is 0 Å². The number of amides is 1. The van der Waals surface area contributed by atoms with E-state index in [-0.39, 0.29) is 16.1 Å². The molecule has 1 aliphatic heterocycles. The van der Waals surface area contributed by atoms with Crippen molar-refractivity contribution >= 4 is 33.6 Å². The van der Waals surface area contributed by atoms with Crippen LogP contribution in [-0.4, -0.2) is 28.3 Å². The van der Waals surface area contributed by atoms with Gasteiger partial charge in [-0.3, -0.25) is 4.79 Å². The topological polar surface area (TPSA) is 29.1 Å². The molecule has 4 heteroatoms. The highest BCUT2D eigenvalue weighted by molar-refractivity contribution is 9.09. The predicted octanol–water partition coefficient (Wildman–Crippen LogP) is 3.59. The van der Waals surface area contributed by atoms with Crippen molar-refractivity contribution in [1.29, 1.82) is 0 Å². The molecule has 1 saturated heterocycles. The lowest BCUT2D eigenvalue weighted by molar-refractivity contribution is -0.123. The summed E-state index contributed by atoms with van der Waals surface area (Å²) < 4.78 is -0.181. The minimum Gasteiger partial charge on any atom is -0.354 e. The first kappa shape index (κ1) is 15.4. The first-order chi connectivity index (χ1) is 8.02. The van der Waals surface area contributed by atoms with E-state index < -0.39 is 0 Å². The van der Waals surface area contributed by atoms with Gasteiger partial charge in [-0.25, -0.2) is 0 Å². The van der Waals surface area contributed by atoms with Gasteiger partial charge in [0.15, 0.2) is 0 Å². The molecule has 1 amide bonds. The first-order valence-corrected chi connectivity index (χ1v) is 8.61. The van der Waals surface area contributed by atoms with Crippen molar-refractivity contribution in [1.82, 2.24) is 5.32 Å². The van der Waals surface area contributed by atoms with Crippen LogP contribution in [0.3, 0.4) is 0 Å². The molecule has 0 bridgehead atoms. The number of hydrogen-bond donors (Lipinski definition) is 1. The molecular weight excluding hydrogens is 298 g/mol. The van der Waals surface area contributed by atoms with E-state index >= 15 is 0 Å². The lowest BCUT2D eigenvalue weighted by Gasteiger charge is -2.31. The van der Waals surface area contributed by atoms with E-state index in [1.165, 1.54) is 6.42 Å². The molecule has 1 N–H and O–H groups in total. The average molecular weight is 322 g/mol. The van der Waals surface area contributed by atoms with Crippen molar-refractivity contribution in [3.8, 4) is 0 Å². The Morgan fingerprint density at radius 3 is 2.53 bits per heavy atom. The molecule has 1 rings (SSSR count). The molecule has 0 aromatic carbocycles. The third kappa shape index (κ3) is 3.63. The number of hydrogen-bond acceptors (Lipinski definition) is 2. The van der Waals surface area contributed by atoms with Gasteiger partial charge in [0.05, 0.1) is 4.75 Å². The van der Waals surface area contributed by atoms with Crippen molar-refractivity contribution < 1.29 is 4.79 Å². The summed E-state index contributed by atoms with van der Waals surface area (Å²) in [5.74, 6) is 1.35. The van der Waals surface area contributed by atoms with E-state index in [0.717, 1.165) is 36.9 Å². The maximum absolute atomic E-state index is 12.2. The molecule has 1 aliphatic rings. The molecule has 0 spiro atoms. The van der Waals surface area contributed by atoms with Crippen LogP contribution < -0.4 is 5.32 Å². The number of carbonyl (C=O) groups excluding carboxylic acids is 1. The Labute approximate surface area is 118 Å². The Morgan fingerprint density at radius 2 is 2.12 bits per heavy atom. The predicted molar refractivity (Wildman–Crippen MR) is 79.9 cm³/mol. The number of rotatable bonds is 6. The fourth-order valence-corrected chi connectivity index (χ4v) is 4.37. The third-order valence-electron chi connectivity index (χ3n) is 4.11. The number of carbonyl (C=O) groups is 1. The zero-order chi connectivity index (χ0) is 12.9. The molecule has 100 valence electrons. The Morgan fingerprint density at radius 1 is 1.47 bits per heavy atom. The van der Waals surface area contributed by atoms with E-state index in [9.17, 15) is 4.79 Å². The summed E-state index contributed by atoms with van der Waals surface area (Å²) in [6, 6.07) is 0. The van der Waals surface area contributed by atoms with Gasteiger partial charge >= 0.3 is 0 Å². The van der Waals surface area contributed by atoms with Crippen molar-refractivity contribution in [3.05, 3.63) is 0 Å². The number of halogens is 1. The van der Waals surface area contributed by atoms with Gasteiger partial charge in [0, 0.05) is 11.9 Å². The molecule has 0 aliphatic carbocycles. The summed E-state index contributed by atoms with van der Waals surface area (Å²) in [6.45, 7) is 7.26. The van der Waals surface area contributed by atoms with Crippen LogP contribution in [0.5, 0.6) is 0 Å². The third-order valence-corrected chi connectivity index (χ3v) is 6.82. The summed E-state index contributed by atoms with van der Waals surface area (Å²) in [6.07, 6.45) is 4.38. The largest absolute Gasteiger partial charge is 0.354 e. The highest BCUT2D eigenvalue weighted by Crippen LogP contribution is 2.38. The second-order valence-corrected chi connectivity index (χ2v) is 7.36. The van der Waals surface area contributed by atoms with Gasteiger partial charge < -0.3 is 5.32 Å². The second kappa shape index (κ2) is 6.46. The molecule has 1 unspecified atom stereocenters. The van der Waals surface area contributed by atoms with Gasteiger partial charge in [-0.15, -0.1) is 11.8 Å². The lowest BCUT2D eigenvalue weighted by Crippen LogP contribution is -2.45. The number of alkyl halides is 1. The van der Waals surface area contributed by atoms with Crippen LogP contribution in [0.1, 0.15) is 46.5 Å². The average Bonchev–Trinajstić information content (AvgIpc) is 2.80. The zero-order valence-corrected chi connectivity index (χ0v) is 13.5. The highest BCUT2D eigenvalue weighted by atomic mass is 79.9. The molecule has 2 nitrogen and oxygen atoms in total. The van der Waals surface area contributed by atoms with Crippen molar-refractivity contribution in [3.63, 3.8) is 0 Å². The quantitative estimate of drug-likeness (QED) is 0.757. The van der Waals surface area contributed by atoms with Crippen LogP contribution in [0.15, 0.2) is 0 Å². The molecule has 0 aromatic heterocycles. The molecule has 1 heterocycles. The van der Waals surface area contributed by atoms with Crippen molar-refractivity contribution in [2.24, 2.45) is 5.41 Å². The summed E-state index contributed by atoms with van der Waals surface area (Å²) in [4.78, 5) is 12.2. The summed E-state index contributed by atoms with van der Waals surface area (Å²) in [5, 5.41) is 4.12. The molecule has 1 atom stereocenters. The van der Waals surface area contributed by atoms with Crippen LogP contribution in [0, 0.1) is 5.41 Å². The lowest BCUT2D eigenvalue weighted by atomic mass is 9.84. The molecule has 17 heavy (non-hydrogen) atoms. The van der Waals surface area contributed by atoms with Gasteiger partial charge in [-0.2, -0.15) is 0 Å². The molecular formula is C13H24BrNOS. The monoisotopic (exact) mass is 321 g/mol. The Hall–Kier alpha value is 0.300. The smallest absolute Gasteiger partial charge is 0.235 e. The van der Waals surface area contributed by atoms with Crippen LogP contribution in [0.4, 0.5) is 0 Å². The maximum Gasteiger partial charge on any atom is 0.235 e. The van der Waals surface area contributed by atoms with E-state index in [1.54, 1.807) is 11.8 Å². The fourth-order valence-electron chi connectivity index (χ4n) is 2.15. The van der Waals surface area contributed by atoms with Crippen LogP contribution in [-0.2, 0) is 4.79 Å². The molecule has 0 saturated carbocycles. The van der Waals surface area contributed by atoms with Gasteiger partial charge in [-0.05, 0) is 43.8 Å². The standard InChI is InChI=1S/C13H24BrNOS/c1-4-13(5-2,9-14)10-15-11(16)12(3)7-6-8-17-12/h4-10H2,1-3H3,(H,15,16). The second-order valence-electron chi connectivity index (χ2n) is 5.21. The molecule has 0 radical (unpaired) electrons. The van der Waals surface area contributed by atoms with E-state index in [2.05, 4.69) is 42.0 Å². The van der Waals surface area contributed by atoms with Gasteiger partial charge in [-0.1, -0.05) is 29.8 Å². The summed E-state index contributed by atoms with van der Waals surface area (Å²) in [7, 11) is 0. The van der Waals surface area contributed by atoms with Crippen LogP contribution >= 0.6 is 27.7 Å². The number of nitrogens with one attached hydrogen (secondary N) is 1. The van der Waals surface area contributed by atoms with Crippen LogP contribution in [0.25, 0.3) is 0 Å². The fraction of sp³-hybridized carbons (Fsp3) is 0.923. The van der Waals surface area contributed by atoms with Crippen molar-refractivity contribution in [2.75, 3.05) is 17.6 Å². The summed E-state index contributed by atoms with van der Waals surface area (Å²) >= 11 is 5.39. The molecule has 1 fully saturated rings. The van der Waals surface area contributed by atoms with E-state index in [4.69, 9.17) is 0 Å². The molecule has 0 aromatic rings. The minimum absolute atomic E-state index is 0.181. The Balaban J connectivity index is 2.52. The van der Waals surface area contributed by atoms with Gasteiger partial charge in [0.1, 0.15) is 0 Å².